The third kappa shape index (κ3) is 5.45. The van der Waals surface area contributed by atoms with E-state index in [-0.39, 0.29) is 11.1 Å². The number of para-hydroxylation sites is 1. The van der Waals surface area contributed by atoms with Gasteiger partial charge in [-0.2, -0.15) is 0 Å². The Morgan fingerprint density at radius 1 is 0.943 bits per heavy atom. The van der Waals surface area contributed by atoms with Crippen LogP contribution >= 0.6 is 11.6 Å². The summed E-state index contributed by atoms with van der Waals surface area (Å²) in [6.45, 7) is 1.73. The van der Waals surface area contributed by atoms with Crippen molar-refractivity contribution in [3.63, 3.8) is 0 Å². The lowest BCUT2D eigenvalue weighted by molar-refractivity contribution is 0.0945. The molecule has 1 aromatic heterocycles. The number of rotatable bonds is 8. The molecule has 0 saturated heterocycles. The summed E-state index contributed by atoms with van der Waals surface area (Å²) in [6, 6.07) is 22.8. The maximum Gasteiger partial charge on any atom is 0.275 e. The van der Waals surface area contributed by atoms with E-state index in [9.17, 15) is 18.0 Å². The molecule has 35 heavy (non-hydrogen) atoms. The van der Waals surface area contributed by atoms with Gasteiger partial charge in [-0.3, -0.25) is 14.7 Å². The predicted molar refractivity (Wildman–Crippen MR) is 137 cm³/mol. The Labute approximate surface area is 208 Å². The number of hydrogen-bond acceptors (Lipinski definition) is 4. The highest BCUT2D eigenvalue weighted by Gasteiger charge is 2.37. The van der Waals surface area contributed by atoms with Gasteiger partial charge in [-0.1, -0.05) is 72.3 Å². The average Bonchev–Trinajstić information content (AvgIpc) is 3.13. The summed E-state index contributed by atoms with van der Waals surface area (Å²) in [5.74, 6) is -1.38. The van der Waals surface area contributed by atoms with Crippen LogP contribution in [-0.4, -0.2) is 36.3 Å². The first-order chi connectivity index (χ1) is 16.7. The molecule has 0 saturated carbocycles. The summed E-state index contributed by atoms with van der Waals surface area (Å²) in [4.78, 5) is 27.4. The van der Waals surface area contributed by atoms with Crippen LogP contribution in [0, 0.1) is 6.92 Å². The second kappa shape index (κ2) is 10.0. The Bertz CT molecular complexity index is 1500. The summed E-state index contributed by atoms with van der Waals surface area (Å²) >= 11 is 6.10. The number of aromatic nitrogens is 2. The standard InChI is InChI=1S/C26H24ClN3O4S/c1-17-22(26(32)30(28-17)21-11-7-4-8-12-21)23(18-13-15-20(27)16-14-18)24(29-35(2,33)34)25(31)19-9-5-3-6-10-19/h3-16,23-24,28-29H,1-2H3/t23-,24-/m1/s1. The third-order valence-electron chi connectivity index (χ3n) is 5.69. The number of ketones is 1. The number of sulfonamides is 1. The highest BCUT2D eigenvalue weighted by atomic mass is 35.5. The number of nitrogens with zero attached hydrogens (tertiary/aromatic N) is 1. The Morgan fingerprint density at radius 3 is 2.09 bits per heavy atom. The third-order valence-corrected chi connectivity index (χ3v) is 6.62. The fourth-order valence-electron chi connectivity index (χ4n) is 4.17. The van der Waals surface area contributed by atoms with E-state index in [0.29, 0.717) is 27.5 Å². The molecule has 0 radical (unpaired) electrons. The van der Waals surface area contributed by atoms with Crippen molar-refractivity contribution in [2.24, 2.45) is 0 Å². The van der Waals surface area contributed by atoms with Gasteiger partial charge < -0.3 is 0 Å². The molecule has 7 nitrogen and oxygen atoms in total. The van der Waals surface area contributed by atoms with Crippen LogP contribution in [-0.2, 0) is 10.0 Å². The van der Waals surface area contributed by atoms with Crippen molar-refractivity contribution in [3.05, 3.63) is 123 Å². The summed E-state index contributed by atoms with van der Waals surface area (Å²) in [5.41, 5.74) is 1.92. The van der Waals surface area contributed by atoms with Gasteiger partial charge in [0, 0.05) is 27.8 Å². The highest BCUT2D eigenvalue weighted by molar-refractivity contribution is 7.88. The second-order valence-electron chi connectivity index (χ2n) is 8.25. The fourth-order valence-corrected chi connectivity index (χ4v) is 5.00. The van der Waals surface area contributed by atoms with E-state index in [0.717, 1.165) is 6.26 Å². The lowest BCUT2D eigenvalue weighted by Crippen LogP contribution is -2.46. The smallest absolute Gasteiger partial charge is 0.275 e. The summed E-state index contributed by atoms with van der Waals surface area (Å²) in [7, 11) is -3.83. The fraction of sp³-hybridized carbons (Fsp3) is 0.154. The van der Waals surface area contributed by atoms with Crippen molar-refractivity contribution >= 4 is 27.4 Å². The molecular weight excluding hydrogens is 486 g/mol. The van der Waals surface area contributed by atoms with Gasteiger partial charge in [-0.15, -0.1) is 0 Å². The quantitative estimate of drug-likeness (QED) is 0.350. The monoisotopic (exact) mass is 509 g/mol. The van der Waals surface area contributed by atoms with Crippen molar-refractivity contribution < 1.29 is 13.2 Å². The molecule has 0 bridgehead atoms. The zero-order valence-corrected chi connectivity index (χ0v) is 20.7. The maximum atomic E-state index is 13.7. The van der Waals surface area contributed by atoms with Crippen LogP contribution < -0.4 is 10.3 Å². The van der Waals surface area contributed by atoms with Crippen LogP contribution in [0.15, 0.2) is 89.7 Å². The minimum atomic E-state index is -3.83. The van der Waals surface area contributed by atoms with E-state index in [1.165, 1.54) is 4.68 Å². The Balaban J connectivity index is 1.96. The lowest BCUT2D eigenvalue weighted by Gasteiger charge is -2.26. The van der Waals surface area contributed by atoms with E-state index < -0.39 is 27.8 Å². The van der Waals surface area contributed by atoms with Crippen molar-refractivity contribution in [1.82, 2.24) is 14.5 Å². The zero-order valence-electron chi connectivity index (χ0n) is 19.1. The van der Waals surface area contributed by atoms with Crippen LogP contribution in [0.3, 0.4) is 0 Å². The van der Waals surface area contributed by atoms with Gasteiger partial charge in [0.2, 0.25) is 10.0 Å². The Morgan fingerprint density at radius 2 is 1.51 bits per heavy atom. The van der Waals surface area contributed by atoms with Crippen molar-refractivity contribution in [3.8, 4) is 5.69 Å². The molecule has 180 valence electrons. The first kappa shape index (κ1) is 24.7. The topological polar surface area (TPSA) is 101 Å². The van der Waals surface area contributed by atoms with Gasteiger partial charge in [0.15, 0.2) is 5.78 Å². The number of carbonyl (C=O) groups excluding carboxylic acids is 1. The number of benzene rings is 3. The lowest BCUT2D eigenvalue weighted by atomic mass is 9.82. The molecule has 4 rings (SSSR count). The number of aromatic amines is 1. The maximum absolute atomic E-state index is 13.7. The summed E-state index contributed by atoms with van der Waals surface area (Å²) in [5, 5.41) is 3.55. The molecule has 4 aromatic rings. The first-order valence-electron chi connectivity index (χ1n) is 10.8. The molecule has 0 fully saturated rings. The van der Waals surface area contributed by atoms with Crippen molar-refractivity contribution in [2.75, 3.05) is 6.26 Å². The molecular formula is C26H24ClN3O4S. The van der Waals surface area contributed by atoms with Crippen LogP contribution in [0.4, 0.5) is 0 Å². The van der Waals surface area contributed by atoms with E-state index in [1.807, 2.05) is 6.07 Å². The Hall–Kier alpha value is -3.46. The van der Waals surface area contributed by atoms with Gasteiger partial charge >= 0.3 is 0 Å². The van der Waals surface area contributed by atoms with Gasteiger partial charge in [0.1, 0.15) is 0 Å². The predicted octanol–water partition coefficient (Wildman–Crippen LogP) is 4.06. The summed E-state index contributed by atoms with van der Waals surface area (Å²) < 4.78 is 28.7. The molecule has 0 aliphatic heterocycles. The van der Waals surface area contributed by atoms with E-state index >= 15 is 0 Å². The highest BCUT2D eigenvalue weighted by Crippen LogP contribution is 2.31. The molecule has 9 heteroatoms. The number of carbonyl (C=O) groups is 1. The van der Waals surface area contributed by atoms with Crippen LogP contribution in [0.5, 0.6) is 0 Å². The van der Waals surface area contributed by atoms with Crippen molar-refractivity contribution in [1.29, 1.82) is 0 Å². The number of hydrogen-bond donors (Lipinski definition) is 2. The number of Topliss-reactive ketones (excluding diaryl/α,β-unsaturated/α-hetero) is 1. The molecule has 0 aliphatic rings. The number of halogens is 1. The minimum absolute atomic E-state index is 0.279. The first-order valence-corrected chi connectivity index (χ1v) is 13.1. The SMILES string of the molecule is Cc1[nH]n(-c2ccccc2)c(=O)c1[C@@H](c1ccc(Cl)cc1)[C@@H](NS(C)(=O)=O)C(=O)c1ccccc1. The van der Waals surface area contributed by atoms with E-state index in [1.54, 1.807) is 85.8 Å². The number of aryl methyl sites for hydroxylation is 1. The van der Waals surface area contributed by atoms with Crippen molar-refractivity contribution in [2.45, 2.75) is 18.9 Å². The average molecular weight is 510 g/mol. The van der Waals surface area contributed by atoms with E-state index in [4.69, 9.17) is 11.6 Å². The molecule has 0 spiro atoms. The van der Waals surface area contributed by atoms with Crippen LogP contribution in [0.1, 0.15) is 33.1 Å². The van der Waals surface area contributed by atoms with Crippen LogP contribution in [0.2, 0.25) is 5.02 Å². The minimum Gasteiger partial charge on any atom is -0.295 e. The van der Waals surface area contributed by atoms with Gasteiger partial charge in [-0.05, 0) is 36.8 Å². The number of H-pyrrole nitrogens is 1. The largest absolute Gasteiger partial charge is 0.295 e. The number of nitrogens with one attached hydrogen (secondary N) is 2. The normalized spacial score (nSPS) is 13.3. The van der Waals surface area contributed by atoms with Gasteiger partial charge in [-0.25, -0.2) is 17.8 Å². The molecule has 1 heterocycles. The zero-order chi connectivity index (χ0) is 25.2. The molecule has 0 unspecified atom stereocenters. The molecule has 2 atom stereocenters. The molecule has 0 amide bonds. The Kier molecular flexibility index (Phi) is 7.07. The molecule has 3 aromatic carbocycles. The molecule has 2 N–H and O–H groups in total. The molecule has 0 aliphatic carbocycles. The van der Waals surface area contributed by atoms with Crippen LogP contribution in [0.25, 0.3) is 5.69 Å². The summed E-state index contributed by atoms with van der Waals surface area (Å²) in [6.07, 6.45) is 0.990. The van der Waals surface area contributed by atoms with Gasteiger partial charge in [0.25, 0.3) is 5.56 Å². The van der Waals surface area contributed by atoms with E-state index in [2.05, 4.69) is 9.82 Å². The second-order valence-corrected chi connectivity index (χ2v) is 10.5. The van der Waals surface area contributed by atoms with Gasteiger partial charge in [0.05, 0.1) is 18.0 Å².